The minimum absolute atomic E-state index is 0.159. The molecule has 1 aromatic rings. The molecule has 0 aromatic carbocycles. The van der Waals surface area contributed by atoms with Crippen molar-refractivity contribution in [2.45, 2.75) is 38.0 Å². The highest BCUT2D eigenvalue weighted by molar-refractivity contribution is 7.92. The molecular weight excluding hydrogens is 254 g/mol. The van der Waals surface area contributed by atoms with E-state index in [4.69, 9.17) is 0 Å². The number of hydrogen-bond acceptors (Lipinski definition) is 4. The fourth-order valence-corrected chi connectivity index (χ4v) is 4.88. The smallest absolute Gasteiger partial charge is 0.154 e. The maximum absolute atomic E-state index is 11.6. The number of aryl methyl sites for hydroxylation is 1. The maximum atomic E-state index is 11.6. The van der Waals surface area contributed by atoms with E-state index in [9.17, 15) is 8.42 Å². The van der Waals surface area contributed by atoms with Gasteiger partial charge in [-0.25, -0.2) is 8.42 Å². The molecule has 3 nitrogen and oxygen atoms in total. The second-order valence-electron chi connectivity index (χ2n) is 4.48. The van der Waals surface area contributed by atoms with Crippen molar-refractivity contribution in [3.63, 3.8) is 0 Å². The van der Waals surface area contributed by atoms with Crippen LogP contribution in [0.1, 0.15) is 29.5 Å². The quantitative estimate of drug-likeness (QED) is 0.892. The standard InChI is InChI=1S/C12H19NO2S2/c1-2-10-5-6-11(16-10)8-13-9-12-4-3-7-17(12,14)15/h5-6,12-13H,2-4,7-9H2,1H3. The zero-order valence-electron chi connectivity index (χ0n) is 10.1. The summed E-state index contributed by atoms with van der Waals surface area (Å²) in [7, 11) is -2.80. The van der Waals surface area contributed by atoms with Crippen LogP contribution in [0.5, 0.6) is 0 Å². The Morgan fingerprint density at radius 2 is 2.18 bits per heavy atom. The van der Waals surface area contributed by atoms with Crippen LogP contribution in [0.25, 0.3) is 0 Å². The molecule has 1 aliphatic heterocycles. The van der Waals surface area contributed by atoms with Gasteiger partial charge in [0.2, 0.25) is 0 Å². The van der Waals surface area contributed by atoms with Gasteiger partial charge in [0.1, 0.15) is 0 Å². The molecule has 96 valence electrons. The van der Waals surface area contributed by atoms with E-state index in [-0.39, 0.29) is 5.25 Å². The Balaban J connectivity index is 1.80. The summed E-state index contributed by atoms with van der Waals surface area (Å²) in [6, 6.07) is 4.27. The van der Waals surface area contributed by atoms with Crippen molar-refractivity contribution in [2.24, 2.45) is 0 Å². The topological polar surface area (TPSA) is 46.2 Å². The molecule has 0 bridgehead atoms. The highest BCUT2D eigenvalue weighted by atomic mass is 32.2. The second kappa shape index (κ2) is 5.50. The molecule has 1 atom stereocenters. The highest BCUT2D eigenvalue weighted by Gasteiger charge is 2.30. The van der Waals surface area contributed by atoms with Gasteiger partial charge >= 0.3 is 0 Å². The number of thiophene rings is 1. The molecule has 0 amide bonds. The van der Waals surface area contributed by atoms with Crippen LogP contribution in [0.3, 0.4) is 0 Å². The van der Waals surface area contributed by atoms with Gasteiger partial charge in [-0.15, -0.1) is 11.3 Å². The van der Waals surface area contributed by atoms with Crippen molar-refractivity contribution in [1.29, 1.82) is 0 Å². The molecule has 1 saturated heterocycles. The molecule has 0 saturated carbocycles. The van der Waals surface area contributed by atoms with Gasteiger partial charge in [-0.3, -0.25) is 0 Å². The SMILES string of the molecule is CCc1ccc(CNCC2CCCS2(=O)=O)s1. The van der Waals surface area contributed by atoms with Crippen LogP contribution in [0, 0.1) is 0 Å². The monoisotopic (exact) mass is 273 g/mol. The van der Waals surface area contributed by atoms with Crippen LogP contribution in [0.4, 0.5) is 0 Å². The van der Waals surface area contributed by atoms with E-state index in [1.165, 1.54) is 9.75 Å². The molecule has 1 unspecified atom stereocenters. The molecule has 0 radical (unpaired) electrons. The van der Waals surface area contributed by atoms with Crippen LogP contribution in [0.15, 0.2) is 12.1 Å². The van der Waals surface area contributed by atoms with Gasteiger partial charge in [-0.05, 0) is 31.4 Å². The predicted octanol–water partition coefficient (Wildman–Crippen LogP) is 1.98. The zero-order valence-corrected chi connectivity index (χ0v) is 11.7. The van der Waals surface area contributed by atoms with Crippen molar-refractivity contribution in [2.75, 3.05) is 12.3 Å². The molecule has 17 heavy (non-hydrogen) atoms. The van der Waals surface area contributed by atoms with E-state index in [0.29, 0.717) is 12.3 Å². The number of rotatable bonds is 5. The van der Waals surface area contributed by atoms with Gasteiger partial charge in [0.25, 0.3) is 0 Å². The summed E-state index contributed by atoms with van der Waals surface area (Å²) in [6.45, 7) is 3.53. The van der Waals surface area contributed by atoms with Gasteiger partial charge in [-0.2, -0.15) is 0 Å². The van der Waals surface area contributed by atoms with Crippen molar-refractivity contribution in [1.82, 2.24) is 5.32 Å². The predicted molar refractivity (Wildman–Crippen MR) is 72.2 cm³/mol. The minimum atomic E-state index is -2.80. The molecule has 0 spiro atoms. The van der Waals surface area contributed by atoms with E-state index in [2.05, 4.69) is 24.4 Å². The zero-order chi connectivity index (χ0) is 12.3. The molecule has 1 aliphatic rings. The lowest BCUT2D eigenvalue weighted by Gasteiger charge is -2.09. The Labute approximate surface area is 107 Å². The lowest BCUT2D eigenvalue weighted by atomic mass is 10.2. The Morgan fingerprint density at radius 1 is 1.41 bits per heavy atom. The molecule has 1 aromatic heterocycles. The molecule has 0 aliphatic carbocycles. The molecule has 2 heterocycles. The van der Waals surface area contributed by atoms with Crippen molar-refractivity contribution < 1.29 is 8.42 Å². The van der Waals surface area contributed by atoms with E-state index in [1.54, 1.807) is 11.3 Å². The molecule has 1 N–H and O–H groups in total. The average molecular weight is 273 g/mol. The molecular formula is C12H19NO2S2. The van der Waals surface area contributed by atoms with Crippen molar-refractivity contribution in [3.8, 4) is 0 Å². The third kappa shape index (κ3) is 3.30. The van der Waals surface area contributed by atoms with Crippen LogP contribution in [0.2, 0.25) is 0 Å². The van der Waals surface area contributed by atoms with Crippen molar-refractivity contribution >= 4 is 21.2 Å². The third-order valence-electron chi connectivity index (χ3n) is 3.20. The second-order valence-corrected chi connectivity index (χ2v) is 8.14. The van der Waals surface area contributed by atoms with Crippen molar-refractivity contribution in [3.05, 3.63) is 21.9 Å². The summed E-state index contributed by atoms with van der Waals surface area (Å²) in [6.07, 6.45) is 2.72. The highest BCUT2D eigenvalue weighted by Crippen LogP contribution is 2.20. The van der Waals surface area contributed by atoms with Crippen LogP contribution in [-0.2, 0) is 22.8 Å². The Kier molecular flexibility index (Phi) is 4.22. The van der Waals surface area contributed by atoms with Gasteiger partial charge in [0.15, 0.2) is 9.84 Å². The first kappa shape index (κ1) is 13.1. The summed E-state index contributed by atoms with van der Waals surface area (Å²) >= 11 is 1.80. The Bertz CT molecular complexity index is 465. The first-order valence-electron chi connectivity index (χ1n) is 6.11. The number of nitrogens with one attached hydrogen (secondary N) is 1. The Morgan fingerprint density at radius 3 is 2.76 bits per heavy atom. The van der Waals surface area contributed by atoms with E-state index in [0.717, 1.165) is 25.8 Å². The van der Waals surface area contributed by atoms with Gasteiger partial charge < -0.3 is 5.32 Å². The van der Waals surface area contributed by atoms with E-state index < -0.39 is 9.84 Å². The maximum Gasteiger partial charge on any atom is 0.154 e. The number of sulfone groups is 1. The summed E-state index contributed by atoms with van der Waals surface area (Å²) in [5.41, 5.74) is 0. The summed E-state index contributed by atoms with van der Waals surface area (Å²) in [4.78, 5) is 2.67. The van der Waals surface area contributed by atoms with Crippen LogP contribution in [-0.4, -0.2) is 26.0 Å². The first-order chi connectivity index (χ1) is 8.12. The summed E-state index contributed by atoms with van der Waals surface area (Å²) in [5, 5.41) is 3.11. The summed E-state index contributed by atoms with van der Waals surface area (Å²) in [5.74, 6) is 0.373. The molecule has 2 rings (SSSR count). The van der Waals surface area contributed by atoms with Crippen LogP contribution < -0.4 is 5.32 Å². The minimum Gasteiger partial charge on any atom is -0.311 e. The molecule has 5 heteroatoms. The Hall–Kier alpha value is -0.390. The summed E-state index contributed by atoms with van der Waals surface area (Å²) < 4.78 is 23.2. The fraction of sp³-hybridized carbons (Fsp3) is 0.667. The van der Waals surface area contributed by atoms with E-state index >= 15 is 0 Å². The van der Waals surface area contributed by atoms with Gasteiger partial charge in [-0.1, -0.05) is 6.92 Å². The fourth-order valence-electron chi connectivity index (χ4n) is 2.15. The lowest BCUT2D eigenvalue weighted by Crippen LogP contribution is -2.29. The average Bonchev–Trinajstić information content (AvgIpc) is 2.86. The number of hydrogen-bond donors (Lipinski definition) is 1. The first-order valence-corrected chi connectivity index (χ1v) is 8.65. The normalized spacial score (nSPS) is 23.0. The van der Waals surface area contributed by atoms with Crippen LogP contribution >= 0.6 is 11.3 Å². The van der Waals surface area contributed by atoms with Gasteiger partial charge in [0, 0.05) is 22.8 Å². The molecule has 1 fully saturated rings. The third-order valence-corrected chi connectivity index (χ3v) is 6.71. The largest absolute Gasteiger partial charge is 0.311 e. The lowest BCUT2D eigenvalue weighted by molar-refractivity contribution is 0.575. The van der Waals surface area contributed by atoms with Gasteiger partial charge in [0.05, 0.1) is 11.0 Å². The van der Waals surface area contributed by atoms with E-state index in [1.807, 2.05) is 0 Å².